The van der Waals surface area contributed by atoms with Gasteiger partial charge in [0.2, 0.25) is 7.98 Å². The molecule has 0 saturated carbocycles. The lowest BCUT2D eigenvalue weighted by Crippen LogP contribution is -2.36. The molecule has 0 unspecified atom stereocenters. The van der Waals surface area contributed by atoms with E-state index < -0.39 is 0 Å². The van der Waals surface area contributed by atoms with E-state index in [1.54, 1.807) is 6.26 Å². The summed E-state index contributed by atoms with van der Waals surface area (Å²) in [6, 6.07) is 3.69. The lowest BCUT2D eigenvalue weighted by molar-refractivity contribution is 0.0616. The summed E-state index contributed by atoms with van der Waals surface area (Å²) in [7, 11) is 5.45. The summed E-state index contributed by atoms with van der Waals surface area (Å²) in [6.45, 7) is 3.51. The molecule has 0 aromatic carbocycles. The highest BCUT2D eigenvalue weighted by Gasteiger charge is 1.95. The fourth-order valence-corrected chi connectivity index (χ4v) is 0.787. The number of hydrogen-bond donors (Lipinski definition) is 1. The Balaban J connectivity index is 2.02. The van der Waals surface area contributed by atoms with Crippen LogP contribution in [0.5, 0.6) is 0 Å². The van der Waals surface area contributed by atoms with Crippen LogP contribution in [0.3, 0.4) is 0 Å². The molecule has 0 aliphatic carbocycles. The Morgan fingerprint density at radius 1 is 1.69 bits per heavy atom. The minimum atomic E-state index is 0.380. The van der Waals surface area contributed by atoms with Crippen LogP contribution < -0.4 is 5.43 Å². The fourth-order valence-electron chi connectivity index (χ4n) is 0.787. The van der Waals surface area contributed by atoms with E-state index in [0.29, 0.717) is 13.3 Å². The number of ether oxygens (including phenoxy) is 1. The Morgan fingerprint density at radius 3 is 3.15 bits per heavy atom. The maximum atomic E-state index is 5.45. The van der Waals surface area contributed by atoms with Crippen molar-refractivity contribution >= 4 is 7.98 Å². The van der Waals surface area contributed by atoms with Gasteiger partial charge in [0.25, 0.3) is 0 Å². The molecule has 1 N–H and O–H groups in total. The maximum Gasteiger partial charge on any atom is 0.206 e. The highest BCUT2D eigenvalue weighted by Crippen LogP contribution is 2.00. The molecule has 70 valence electrons. The number of rotatable bonds is 6. The van der Waals surface area contributed by atoms with Crippen molar-refractivity contribution in [2.24, 2.45) is 0 Å². The quantitative estimate of drug-likeness (QED) is 0.302. The molecular formula is C8H13BN2O2. The summed E-state index contributed by atoms with van der Waals surface area (Å²) < 4.78 is 10.3. The van der Waals surface area contributed by atoms with Crippen LogP contribution in [0, 0.1) is 0 Å². The van der Waals surface area contributed by atoms with Gasteiger partial charge in [0.1, 0.15) is 19.1 Å². The van der Waals surface area contributed by atoms with Gasteiger partial charge >= 0.3 is 0 Å². The van der Waals surface area contributed by atoms with Crippen molar-refractivity contribution in [1.82, 2.24) is 10.3 Å². The number of furan rings is 1. The predicted molar refractivity (Wildman–Crippen MR) is 49.6 cm³/mol. The SMILES string of the molecule is [B]N(CC)NCOCc1ccco1. The van der Waals surface area contributed by atoms with Crippen molar-refractivity contribution in [1.29, 1.82) is 0 Å². The lowest BCUT2D eigenvalue weighted by atomic mass is 10.4. The molecule has 13 heavy (non-hydrogen) atoms. The van der Waals surface area contributed by atoms with Gasteiger partial charge in [-0.3, -0.25) is 4.92 Å². The smallest absolute Gasteiger partial charge is 0.206 e. The molecule has 1 aromatic rings. The van der Waals surface area contributed by atoms with Crippen molar-refractivity contribution in [2.45, 2.75) is 13.5 Å². The van der Waals surface area contributed by atoms with Gasteiger partial charge in [0, 0.05) is 0 Å². The van der Waals surface area contributed by atoms with Crippen LogP contribution in [-0.4, -0.2) is 26.2 Å². The van der Waals surface area contributed by atoms with E-state index in [0.717, 1.165) is 12.3 Å². The van der Waals surface area contributed by atoms with Crippen molar-refractivity contribution < 1.29 is 9.15 Å². The van der Waals surface area contributed by atoms with Crippen molar-refractivity contribution in [2.75, 3.05) is 13.3 Å². The Kier molecular flexibility index (Phi) is 4.60. The van der Waals surface area contributed by atoms with Gasteiger partial charge in [-0.1, -0.05) is 6.92 Å². The number of hydrazine groups is 1. The Labute approximate surface area is 79.3 Å². The van der Waals surface area contributed by atoms with E-state index in [1.807, 2.05) is 19.1 Å². The van der Waals surface area contributed by atoms with Gasteiger partial charge in [0.05, 0.1) is 6.26 Å². The summed E-state index contributed by atoms with van der Waals surface area (Å²) >= 11 is 0. The van der Waals surface area contributed by atoms with E-state index in [9.17, 15) is 0 Å². The molecule has 0 aliphatic heterocycles. The third kappa shape index (κ3) is 4.12. The summed E-state index contributed by atoms with van der Waals surface area (Å²) in [4.78, 5) is 1.46. The molecule has 1 rings (SSSR count). The normalized spacial score (nSPS) is 10.9. The standard InChI is InChI=1S/C8H13BN2O2/c1-2-11(9)10-7-12-6-8-4-3-5-13-8/h3-5,10H,2,6-7H2,1H3. The molecular weight excluding hydrogens is 167 g/mol. The monoisotopic (exact) mass is 180 g/mol. The zero-order valence-electron chi connectivity index (χ0n) is 7.69. The lowest BCUT2D eigenvalue weighted by Gasteiger charge is -2.15. The van der Waals surface area contributed by atoms with Crippen LogP contribution in [-0.2, 0) is 11.3 Å². The average Bonchev–Trinajstić information content (AvgIpc) is 2.64. The van der Waals surface area contributed by atoms with Crippen LogP contribution in [0.2, 0.25) is 0 Å². The van der Waals surface area contributed by atoms with Gasteiger partial charge in [0.15, 0.2) is 0 Å². The molecule has 0 atom stereocenters. The number of hydrogen-bond acceptors (Lipinski definition) is 4. The summed E-state index contributed by atoms with van der Waals surface area (Å²) in [5.74, 6) is 0.807. The second-order valence-electron chi connectivity index (χ2n) is 2.52. The first kappa shape index (κ1) is 10.3. The third-order valence-corrected chi connectivity index (χ3v) is 1.53. The van der Waals surface area contributed by atoms with Gasteiger partial charge < -0.3 is 9.15 Å². The average molecular weight is 180 g/mol. The van der Waals surface area contributed by atoms with Crippen LogP contribution in [0.15, 0.2) is 22.8 Å². The zero-order chi connectivity index (χ0) is 9.52. The topological polar surface area (TPSA) is 37.6 Å². The first-order chi connectivity index (χ1) is 6.33. The minimum Gasteiger partial charge on any atom is -0.467 e. The molecule has 1 aromatic heterocycles. The van der Waals surface area contributed by atoms with Gasteiger partial charge in [-0.05, 0) is 18.7 Å². The van der Waals surface area contributed by atoms with Crippen molar-refractivity contribution in [3.05, 3.63) is 24.2 Å². The molecule has 0 spiro atoms. The number of nitrogens with zero attached hydrogens (tertiary/aromatic N) is 1. The van der Waals surface area contributed by atoms with Gasteiger partial charge in [-0.2, -0.15) is 0 Å². The first-order valence-corrected chi connectivity index (χ1v) is 4.18. The largest absolute Gasteiger partial charge is 0.467 e. The van der Waals surface area contributed by atoms with E-state index in [4.69, 9.17) is 17.1 Å². The van der Waals surface area contributed by atoms with E-state index in [1.165, 1.54) is 4.92 Å². The Morgan fingerprint density at radius 2 is 2.54 bits per heavy atom. The Hall–Kier alpha value is -0.775. The molecule has 0 aliphatic rings. The first-order valence-electron chi connectivity index (χ1n) is 4.18. The maximum absolute atomic E-state index is 5.45. The minimum absolute atomic E-state index is 0.380. The second-order valence-corrected chi connectivity index (χ2v) is 2.52. The molecule has 0 saturated heterocycles. The number of nitrogens with one attached hydrogen (secondary N) is 1. The van der Waals surface area contributed by atoms with Crippen molar-refractivity contribution in [3.8, 4) is 0 Å². The van der Waals surface area contributed by atoms with E-state index in [-0.39, 0.29) is 0 Å². The summed E-state index contributed by atoms with van der Waals surface area (Å²) in [5, 5.41) is 0. The summed E-state index contributed by atoms with van der Waals surface area (Å²) in [5.41, 5.74) is 2.84. The van der Waals surface area contributed by atoms with Gasteiger partial charge in [-0.15, -0.1) is 0 Å². The molecule has 0 bridgehead atoms. The van der Waals surface area contributed by atoms with E-state index in [2.05, 4.69) is 5.43 Å². The molecule has 2 radical (unpaired) electrons. The van der Waals surface area contributed by atoms with E-state index >= 15 is 0 Å². The molecule has 0 fully saturated rings. The van der Waals surface area contributed by atoms with Gasteiger partial charge in [-0.25, -0.2) is 5.43 Å². The molecule has 4 nitrogen and oxygen atoms in total. The highest BCUT2D eigenvalue weighted by atomic mass is 16.5. The fraction of sp³-hybridized carbons (Fsp3) is 0.500. The Bertz CT molecular complexity index is 216. The van der Waals surface area contributed by atoms with Crippen LogP contribution in [0.4, 0.5) is 0 Å². The highest BCUT2D eigenvalue weighted by molar-refractivity contribution is 6.03. The zero-order valence-corrected chi connectivity index (χ0v) is 7.69. The molecule has 5 heteroatoms. The molecule has 0 amide bonds. The van der Waals surface area contributed by atoms with Crippen LogP contribution >= 0.6 is 0 Å². The second kappa shape index (κ2) is 5.80. The van der Waals surface area contributed by atoms with Crippen LogP contribution in [0.25, 0.3) is 0 Å². The predicted octanol–water partition coefficient (Wildman–Crippen LogP) is 0.664. The summed E-state index contributed by atoms with van der Waals surface area (Å²) in [6.07, 6.45) is 1.62. The molecule has 1 heterocycles. The third-order valence-electron chi connectivity index (χ3n) is 1.53. The van der Waals surface area contributed by atoms with Crippen LogP contribution in [0.1, 0.15) is 12.7 Å². The van der Waals surface area contributed by atoms with Crippen molar-refractivity contribution in [3.63, 3.8) is 0 Å².